The lowest BCUT2D eigenvalue weighted by Gasteiger charge is -2.11. The van der Waals surface area contributed by atoms with Crippen molar-refractivity contribution in [3.05, 3.63) is 28.2 Å². The fourth-order valence-electron chi connectivity index (χ4n) is 1.41. The lowest BCUT2D eigenvalue weighted by Crippen LogP contribution is -2.29. The molecule has 2 nitrogen and oxygen atoms in total. The maximum Gasteiger partial charge on any atom is 0.0758 e. The van der Waals surface area contributed by atoms with Gasteiger partial charge in [-0.3, -0.25) is 0 Å². The average molecular weight is 292 g/mol. The van der Waals surface area contributed by atoms with Crippen molar-refractivity contribution in [1.82, 2.24) is 5.32 Å². The molecule has 0 aliphatic heterocycles. The zero-order valence-electron chi connectivity index (χ0n) is 9.33. The summed E-state index contributed by atoms with van der Waals surface area (Å²) in [5.41, 5.74) is 0. The second-order valence-electron chi connectivity index (χ2n) is 4.22. The van der Waals surface area contributed by atoms with Gasteiger partial charge in [0.15, 0.2) is 0 Å². The van der Waals surface area contributed by atoms with Gasteiger partial charge < -0.3 is 10.4 Å². The molecule has 0 radical (unpaired) electrons. The van der Waals surface area contributed by atoms with Crippen LogP contribution in [0.5, 0.6) is 0 Å². The van der Waals surface area contributed by atoms with Crippen LogP contribution in [0.4, 0.5) is 0 Å². The number of thioether (sulfide) groups is 1. The molecular weight excluding hydrogens is 277 g/mol. The SMILES string of the molecule is OC(CNC1CC1)CSc1ccc(Cl)c(Cl)c1. The zero-order valence-corrected chi connectivity index (χ0v) is 11.7. The van der Waals surface area contributed by atoms with Gasteiger partial charge in [0.1, 0.15) is 0 Å². The van der Waals surface area contributed by atoms with Gasteiger partial charge in [-0.2, -0.15) is 0 Å². The number of benzene rings is 1. The molecule has 1 aromatic carbocycles. The summed E-state index contributed by atoms with van der Waals surface area (Å²) in [6.07, 6.45) is 2.16. The average Bonchev–Trinajstić information content (AvgIpc) is 3.12. The van der Waals surface area contributed by atoms with Crippen molar-refractivity contribution in [3.63, 3.8) is 0 Å². The monoisotopic (exact) mass is 291 g/mol. The summed E-state index contributed by atoms with van der Waals surface area (Å²) in [7, 11) is 0. The molecule has 2 N–H and O–H groups in total. The maximum atomic E-state index is 9.77. The van der Waals surface area contributed by atoms with E-state index < -0.39 is 0 Å². The van der Waals surface area contributed by atoms with Gasteiger partial charge in [-0.1, -0.05) is 23.2 Å². The Hall–Kier alpha value is 0.0700. The van der Waals surface area contributed by atoms with Crippen molar-refractivity contribution in [2.24, 2.45) is 0 Å². The van der Waals surface area contributed by atoms with Crippen LogP contribution in [-0.4, -0.2) is 29.5 Å². The predicted octanol–water partition coefficient (Wildman–Crippen LogP) is 3.20. The van der Waals surface area contributed by atoms with E-state index in [1.807, 2.05) is 12.1 Å². The van der Waals surface area contributed by atoms with Crippen molar-refractivity contribution in [3.8, 4) is 0 Å². The molecule has 1 fully saturated rings. The Morgan fingerprint density at radius 2 is 2.12 bits per heavy atom. The van der Waals surface area contributed by atoms with Crippen LogP contribution in [-0.2, 0) is 0 Å². The third kappa shape index (κ3) is 4.68. The molecule has 1 aliphatic rings. The predicted molar refractivity (Wildman–Crippen MR) is 74.2 cm³/mol. The van der Waals surface area contributed by atoms with E-state index in [0.29, 0.717) is 28.4 Å². The molecule has 0 spiro atoms. The summed E-state index contributed by atoms with van der Waals surface area (Å²) >= 11 is 13.3. The van der Waals surface area contributed by atoms with E-state index in [9.17, 15) is 5.11 Å². The molecule has 0 heterocycles. The van der Waals surface area contributed by atoms with Gasteiger partial charge in [-0.05, 0) is 31.0 Å². The van der Waals surface area contributed by atoms with Gasteiger partial charge >= 0.3 is 0 Å². The van der Waals surface area contributed by atoms with Gasteiger partial charge in [0.2, 0.25) is 0 Å². The Bertz CT molecular complexity index is 385. The van der Waals surface area contributed by atoms with Crippen LogP contribution in [0, 0.1) is 0 Å². The third-order valence-corrected chi connectivity index (χ3v) is 4.43. The van der Waals surface area contributed by atoms with Crippen LogP contribution >= 0.6 is 35.0 Å². The van der Waals surface area contributed by atoms with E-state index in [0.717, 1.165) is 4.90 Å². The van der Waals surface area contributed by atoms with Gasteiger partial charge in [-0.15, -0.1) is 11.8 Å². The van der Waals surface area contributed by atoms with E-state index >= 15 is 0 Å². The summed E-state index contributed by atoms with van der Waals surface area (Å²) in [5, 5.41) is 14.2. The van der Waals surface area contributed by atoms with Crippen molar-refractivity contribution in [2.75, 3.05) is 12.3 Å². The Morgan fingerprint density at radius 1 is 1.35 bits per heavy atom. The summed E-state index contributed by atoms with van der Waals surface area (Å²) in [6, 6.07) is 6.16. The first kappa shape index (κ1) is 13.5. The standard InChI is InChI=1S/C12H15Cl2NOS/c13-11-4-3-10(5-12(11)14)17-7-9(16)6-15-8-1-2-8/h3-5,8-9,15-16H,1-2,6-7H2. The van der Waals surface area contributed by atoms with Crippen molar-refractivity contribution in [2.45, 2.75) is 29.9 Å². The first-order chi connectivity index (χ1) is 8.15. The van der Waals surface area contributed by atoms with Gasteiger partial charge in [-0.25, -0.2) is 0 Å². The fraction of sp³-hybridized carbons (Fsp3) is 0.500. The second kappa shape index (κ2) is 6.30. The molecule has 0 saturated heterocycles. The molecule has 1 saturated carbocycles. The lowest BCUT2D eigenvalue weighted by atomic mass is 10.4. The van der Waals surface area contributed by atoms with Crippen LogP contribution in [0.15, 0.2) is 23.1 Å². The molecule has 1 unspecified atom stereocenters. The number of aliphatic hydroxyl groups excluding tert-OH is 1. The molecule has 17 heavy (non-hydrogen) atoms. The zero-order chi connectivity index (χ0) is 12.3. The molecule has 0 aromatic heterocycles. The van der Waals surface area contributed by atoms with Crippen LogP contribution in [0.3, 0.4) is 0 Å². The van der Waals surface area contributed by atoms with Gasteiger partial charge in [0.05, 0.1) is 16.1 Å². The van der Waals surface area contributed by atoms with Gasteiger partial charge in [0, 0.05) is 23.2 Å². The summed E-state index contributed by atoms with van der Waals surface area (Å²) < 4.78 is 0. The minimum atomic E-state index is -0.324. The molecule has 2 rings (SSSR count). The summed E-state index contributed by atoms with van der Waals surface area (Å²) in [5.74, 6) is 0.664. The fourth-order valence-corrected chi connectivity index (χ4v) is 2.64. The van der Waals surface area contributed by atoms with Crippen molar-refractivity contribution >= 4 is 35.0 Å². The Labute approximate surface area is 116 Å². The van der Waals surface area contributed by atoms with E-state index in [1.54, 1.807) is 17.8 Å². The first-order valence-electron chi connectivity index (χ1n) is 5.64. The quantitative estimate of drug-likeness (QED) is 0.790. The number of nitrogens with one attached hydrogen (secondary N) is 1. The highest BCUT2D eigenvalue weighted by Gasteiger charge is 2.21. The number of hydrogen-bond donors (Lipinski definition) is 2. The van der Waals surface area contributed by atoms with Crippen molar-refractivity contribution < 1.29 is 5.11 Å². The Morgan fingerprint density at radius 3 is 2.76 bits per heavy atom. The molecule has 0 amide bonds. The van der Waals surface area contributed by atoms with Crippen LogP contribution in [0.25, 0.3) is 0 Å². The minimum absolute atomic E-state index is 0.324. The largest absolute Gasteiger partial charge is 0.391 e. The normalized spacial score (nSPS) is 17.1. The highest BCUT2D eigenvalue weighted by atomic mass is 35.5. The molecule has 1 atom stereocenters. The molecule has 5 heteroatoms. The molecule has 94 valence electrons. The topological polar surface area (TPSA) is 32.3 Å². The van der Waals surface area contributed by atoms with Crippen LogP contribution in [0.1, 0.15) is 12.8 Å². The third-order valence-electron chi connectivity index (χ3n) is 2.55. The highest BCUT2D eigenvalue weighted by Crippen LogP contribution is 2.28. The van der Waals surface area contributed by atoms with E-state index in [1.165, 1.54) is 12.8 Å². The van der Waals surface area contributed by atoms with Gasteiger partial charge in [0.25, 0.3) is 0 Å². The Kier molecular flexibility index (Phi) is 5.00. The number of hydrogen-bond acceptors (Lipinski definition) is 3. The first-order valence-corrected chi connectivity index (χ1v) is 7.38. The van der Waals surface area contributed by atoms with Crippen molar-refractivity contribution in [1.29, 1.82) is 0 Å². The summed E-state index contributed by atoms with van der Waals surface area (Å²) in [4.78, 5) is 1.03. The second-order valence-corrected chi connectivity index (χ2v) is 6.13. The molecule has 1 aromatic rings. The van der Waals surface area contributed by atoms with E-state index in [4.69, 9.17) is 23.2 Å². The maximum absolute atomic E-state index is 9.77. The molecule has 0 bridgehead atoms. The molecular formula is C12H15Cl2NOS. The lowest BCUT2D eigenvalue weighted by molar-refractivity contribution is 0.195. The Balaban J connectivity index is 1.73. The number of aliphatic hydroxyl groups is 1. The smallest absolute Gasteiger partial charge is 0.0758 e. The number of halogens is 2. The van der Waals surface area contributed by atoms with Crippen LogP contribution in [0.2, 0.25) is 10.0 Å². The van der Waals surface area contributed by atoms with Crippen LogP contribution < -0.4 is 5.32 Å². The van der Waals surface area contributed by atoms with E-state index in [-0.39, 0.29) is 6.10 Å². The minimum Gasteiger partial charge on any atom is -0.391 e. The summed E-state index contributed by atoms with van der Waals surface area (Å²) in [6.45, 7) is 0.666. The highest BCUT2D eigenvalue weighted by molar-refractivity contribution is 7.99. The molecule has 1 aliphatic carbocycles. The van der Waals surface area contributed by atoms with E-state index in [2.05, 4.69) is 5.32 Å². The number of rotatable bonds is 6.